The molecule has 0 amide bonds. The highest BCUT2D eigenvalue weighted by molar-refractivity contribution is 8.30. The van der Waals surface area contributed by atoms with Crippen molar-refractivity contribution in [2.75, 3.05) is 12.0 Å². The maximum atomic E-state index is 12.4. The quantitative estimate of drug-likeness (QED) is 0.225. The zero-order chi connectivity index (χ0) is 18.6. The fraction of sp³-hybridized carbons (Fsp3) is 0.417. The SMILES string of the molecule is CCCCS(=O)(=O)Oc1ccccc1S(=O)(=O)C(=[N+]=[N-])S(C)(=O)=O. The number of rotatable bonds is 6. The molecule has 0 unspecified atom stereocenters. The molecule has 12 heteroatoms. The molecular formula is C12H16N2O7S3. The molecule has 1 aromatic carbocycles. The molecular weight excluding hydrogens is 380 g/mol. The Hall–Kier alpha value is -1.75. The van der Waals surface area contributed by atoms with Crippen molar-refractivity contribution in [3.8, 4) is 5.75 Å². The van der Waals surface area contributed by atoms with Crippen LogP contribution in [-0.2, 0) is 29.8 Å². The third kappa shape index (κ3) is 4.87. The summed E-state index contributed by atoms with van der Waals surface area (Å²) in [5.74, 6) is -0.899. The summed E-state index contributed by atoms with van der Waals surface area (Å²) in [6.45, 7) is 1.77. The van der Waals surface area contributed by atoms with E-state index in [0.29, 0.717) is 19.1 Å². The number of hydrogen-bond acceptors (Lipinski definition) is 7. The molecule has 9 nitrogen and oxygen atoms in total. The molecule has 0 atom stereocenters. The van der Waals surface area contributed by atoms with Gasteiger partial charge in [-0.05, 0) is 18.6 Å². The summed E-state index contributed by atoms with van der Waals surface area (Å²) in [5, 5.41) is 0. The number of benzene rings is 1. The van der Waals surface area contributed by atoms with Crippen molar-refractivity contribution >= 4 is 34.2 Å². The summed E-state index contributed by atoms with van der Waals surface area (Å²) in [4.78, 5) is 1.60. The molecule has 0 heterocycles. The fourth-order valence-electron chi connectivity index (χ4n) is 1.66. The molecule has 0 radical (unpaired) electrons. The first kappa shape index (κ1) is 20.3. The molecule has 1 aromatic rings. The van der Waals surface area contributed by atoms with Crippen molar-refractivity contribution in [3.63, 3.8) is 0 Å². The smallest absolute Gasteiger partial charge is 0.381 e. The van der Waals surface area contributed by atoms with E-state index in [9.17, 15) is 25.3 Å². The van der Waals surface area contributed by atoms with Crippen molar-refractivity contribution in [1.29, 1.82) is 0 Å². The van der Waals surface area contributed by atoms with Gasteiger partial charge in [-0.2, -0.15) is 8.42 Å². The van der Waals surface area contributed by atoms with Gasteiger partial charge in [0.25, 0.3) is 19.7 Å². The minimum Gasteiger partial charge on any atom is -0.381 e. The van der Waals surface area contributed by atoms with Crippen LogP contribution in [0.1, 0.15) is 19.8 Å². The normalized spacial score (nSPS) is 12.4. The Morgan fingerprint density at radius 3 is 2.21 bits per heavy atom. The van der Waals surface area contributed by atoms with E-state index in [1.54, 1.807) is 6.92 Å². The Morgan fingerprint density at radius 2 is 1.71 bits per heavy atom. The van der Waals surface area contributed by atoms with Gasteiger partial charge in [-0.3, -0.25) is 0 Å². The molecule has 0 fully saturated rings. The standard InChI is InChI=1S/C12H16N2O7S3/c1-3-4-9-23(17,18)21-10-7-5-6-8-11(10)24(19,20)12(14-13)22(2,15)16/h5-8H,3-4,9H2,1-2H3. The van der Waals surface area contributed by atoms with Gasteiger partial charge >= 0.3 is 14.5 Å². The Kier molecular flexibility index (Phi) is 6.28. The number of hydrogen-bond donors (Lipinski definition) is 0. The van der Waals surface area contributed by atoms with Gasteiger partial charge in [-0.15, -0.1) is 4.79 Å². The summed E-state index contributed by atoms with van der Waals surface area (Å²) in [7, 11) is -13.3. The first-order valence-corrected chi connectivity index (χ1v) is 11.6. The van der Waals surface area contributed by atoms with E-state index in [-0.39, 0.29) is 5.75 Å². The average molecular weight is 396 g/mol. The largest absolute Gasteiger partial charge is 0.499 e. The van der Waals surface area contributed by atoms with E-state index in [0.717, 1.165) is 12.1 Å². The van der Waals surface area contributed by atoms with Crippen LogP contribution in [0.25, 0.3) is 5.53 Å². The molecule has 0 aliphatic carbocycles. The van der Waals surface area contributed by atoms with Crippen molar-refractivity contribution in [3.05, 3.63) is 29.8 Å². The highest BCUT2D eigenvalue weighted by atomic mass is 32.3. The lowest BCUT2D eigenvalue weighted by Gasteiger charge is -2.09. The van der Waals surface area contributed by atoms with Gasteiger partial charge in [0.15, 0.2) is 5.75 Å². The molecule has 24 heavy (non-hydrogen) atoms. The molecule has 0 saturated heterocycles. The summed E-state index contributed by atoms with van der Waals surface area (Å²) >= 11 is 0. The van der Waals surface area contributed by atoms with Crippen LogP contribution in [0.15, 0.2) is 29.2 Å². The van der Waals surface area contributed by atoms with Gasteiger partial charge in [0, 0.05) is 0 Å². The van der Waals surface area contributed by atoms with Gasteiger partial charge in [-0.1, -0.05) is 25.5 Å². The Labute approximate surface area is 140 Å². The number of nitrogens with zero attached hydrogens (tertiary/aromatic N) is 2. The average Bonchev–Trinajstić information content (AvgIpc) is 2.44. The number of sulfone groups is 2. The van der Waals surface area contributed by atoms with Crippen LogP contribution in [0.3, 0.4) is 0 Å². The summed E-state index contributed by atoms with van der Waals surface area (Å²) in [5.41, 5.74) is 8.77. The lowest BCUT2D eigenvalue weighted by molar-refractivity contribution is 0.00384. The molecule has 0 aliphatic heterocycles. The summed E-state index contributed by atoms with van der Waals surface area (Å²) in [6, 6.07) is 4.58. The van der Waals surface area contributed by atoms with Gasteiger partial charge in [0.2, 0.25) is 0 Å². The topological polar surface area (TPSA) is 148 Å². The lowest BCUT2D eigenvalue weighted by atomic mass is 10.3. The highest BCUT2D eigenvalue weighted by Gasteiger charge is 2.42. The van der Waals surface area contributed by atoms with Crippen LogP contribution >= 0.6 is 0 Å². The molecule has 1 rings (SSSR count). The highest BCUT2D eigenvalue weighted by Crippen LogP contribution is 2.27. The third-order valence-corrected chi connectivity index (χ3v) is 7.69. The molecule has 0 saturated carbocycles. The molecule has 0 bridgehead atoms. The summed E-state index contributed by atoms with van der Waals surface area (Å²) < 4.78 is 74.8. The van der Waals surface area contributed by atoms with Crippen molar-refractivity contribution < 1.29 is 34.2 Å². The first-order chi connectivity index (χ1) is 11.0. The van der Waals surface area contributed by atoms with Crippen LogP contribution in [0.4, 0.5) is 0 Å². The maximum absolute atomic E-state index is 12.4. The van der Waals surface area contributed by atoms with E-state index >= 15 is 0 Å². The predicted molar refractivity (Wildman–Crippen MR) is 86.4 cm³/mol. The van der Waals surface area contributed by atoms with Crippen LogP contribution in [0.5, 0.6) is 5.75 Å². The predicted octanol–water partition coefficient (Wildman–Crippen LogP) is 0.599. The first-order valence-electron chi connectivity index (χ1n) is 6.64. The van der Waals surface area contributed by atoms with E-state index in [1.807, 2.05) is 0 Å². The van der Waals surface area contributed by atoms with E-state index in [1.165, 1.54) is 12.1 Å². The third-order valence-electron chi connectivity index (χ3n) is 2.73. The molecule has 0 aromatic heterocycles. The Balaban J connectivity index is 3.46. The second-order valence-electron chi connectivity index (χ2n) is 4.79. The molecule has 0 spiro atoms. The summed E-state index contributed by atoms with van der Waals surface area (Å²) in [6.07, 6.45) is 1.43. The van der Waals surface area contributed by atoms with E-state index < -0.39 is 44.8 Å². The van der Waals surface area contributed by atoms with Gasteiger partial charge in [-0.25, -0.2) is 16.8 Å². The Bertz CT molecular complexity index is 973. The number of para-hydroxylation sites is 1. The maximum Gasteiger partial charge on any atom is 0.499 e. The van der Waals surface area contributed by atoms with E-state index in [2.05, 4.69) is 4.79 Å². The fourth-order valence-corrected chi connectivity index (χ4v) is 5.80. The second kappa shape index (κ2) is 7.43. The zero-order valence-electron chi connectivity index (χ0n) is 12.9. The van der Waals surface area contributed by atoms with Crippen LogP contribution in [0, 0.1) is 0 Å². The lowest BCUT2D eigenvalue weighted by Crippen LogP contribution is -2.26. The van der Waals surface area contributed by atoms with Crippen LogP contribution in [0.2, 0.25) is 0 Å². The number of unbranched alkanes of at least 4 members (excludes halogenated alkanes) is 1. The van der Waals surface area contributed by atoms with Gasteiger partial charge < -0.3 is 9.71 Å². The second-order valence-corrected chi connectivity index (χ2v) is 10.5. The van der Waals surface area contributed by atoms with Crippen molar-refractivity contribution in [1.82, 2.24) is 0 Å². The van der Waals surface area contributed by atoms with Crippen molar-refractivity contribution in [2.24, 2.45) is 0 Å². The minimum atomic E-state index is -4.81. The monoisotopic (exact) mass is 396 g/mol. The van der Waals surface area contributed by atoms with Gasteiger partial charge in [0.05, 0.1) is 12.0 Å². The molecule has 0 aliphatic rings. The van der Waals surface area contributed by atoms with Crippen LogP contribution < -0.4 is 4.18 Å². The zero-order valence-corrected chi connectivity index (χ0v) is 15.4. The van der Waals surface area contributed by atoms with Crippen LogP contribution in [-0.4, -0.2) is 46.4 Å². The van der Waals surface area contributed by atoms with Crippen molar-refractivity contribution in [2.45, 2.75) is 24.7 Å². The Morgan fingerprint density at radius 1 is 1.12 bits per heavy atom. The van der Waals surface area contributed by atoms with E-state index in [4.69, 9.17) is 9.71 Å². The minimum absolute atomic E-state index is 0.309. The molecule has 134 valence electrons. The van der Waals surface area contributed by atoms with Gasteiger partial charge in [0.1, 0.15) is 4.90 Å². The molecule has 0 N–H and O–H groups in total.